The number of nitrogens with zero attached hydrogens (tertiary/aromatic N) is 1. The highest BCUT2D eigenvalue weighted by Crippen LogP contribution is 2.24. The Labute approximate surface area is 161 Å². The first-order valence-corrected chi connectivity index (χ1v) is 10.7. The van der Waals surface area contributed by atoms with Crippen molar-refractivity contribution in [3.63, 3.8) is 0 Å². The molecule has 5 nitrogen and oxygen atoms in total. The van der Waals surface area contributed by atoms with Crippen LogP contribution in [-0.4, -0.2) is 31.7 Å². The molecule has 6 heteroatoms. The molecule has 1 aliphatic heterocycles. The van der Waals surface area contributed by atoms with Crippen LogP contribution in [0.25, 0.3) is 0 Å². The Kier molecular flexibility index (Phi) is 5.97. The molecule has 1 aliphatic rings. The fraction of sp³-hybridized carbons (Fsp3) is 0.381. The lowest BCUT2D eigenvalue weighted by molar-refractivity contribution is -0.126. The molecule has 1 saturated heterocycles. The van der Waals surface area contributed by atoms with Gasteiger partial charge in [-0.2, -0.15) is 4.31 Å². The second kappa shape index (κ2) is 8.23. The van der Waals surface area contributed by atoms with Crippen molar-refractivity contribution < 1.29 is 13.2 Å². The Hall–Kier alpha value is -2.18. The van der Waals surface area contributed by atoms with Gasteiger partial charge in [0.05, 0.1) is 10.9 Å². The van der Waals surface area contributed by atoms with Crippen LogP contribution in [0.5, 0.6) is 0 Å². The Balaban J connectivity index is 1.57. The maximum Gasteiger partial charge on any atom is 0.243 e. The predicted molar refractivity (Wildman–Crippen MR) is 106 cm³/mol. The van der Waals surface area contributed by atoms with Crippen LogP contribution in [-0.2, 0) is 14.8 Å². The zero-order valence-electron chi connectivity index (χ0n) is 15.8. The molecule has 3 rings (SSSR count). The van der Waals surface area contributed by atoms with Crippen molar-refractivity contribution in [2.24, 2.45) is 5.92 Å². The van der Waals surface area contributed by atoms with Crippen molar-refractivity contribution in [1.29, 1.82) is 0 Å². The maximum absolute atomic E-state index is 12.7. The number of hydrogen-bond acceptors (Lipinski definition) is 3. The first-order valence-electron chi connectivity index (χ1n) is 9.30. The van der Waals surface area contributed by atoms with Gasteiger partial charge in [0.25, 0.3) is 0 Å². The lowest BCUT2D eigenvalue weighted by Crippen LogP contribution is -2.43. The van der Waals surface area contributed by atoms with Gasteiger partial charge in [-0.3, -0.25) is 4.79 Å². The molecule has 0 aliphatic carbocycles. The first kappa shape index (κ1) is 19.6. The molecule has 27 heavy (non-hydrogen) atoms. The summed E-state index contributed by atoms with van der Waals surface area (Å²) >= 11 is 0. The van der Waals surface area contributed by atoms with Crippen LogP contribution < -0.4 is 5.32 Å². The molecule has 0 bridgehead atoms. The van der Waals surface area contributed by atoms with Crippen molar-refractivity contribution in [2.45, 2.75) is 37.6 Å². The fourth-order valence-electron chi connectivity index (χ4n) is 3.37. The molecule has 0 unspecified atom stereocenters. The first-order chi connectivity index (χ1) is 12.9. The summed E-state index contributed by atoms with van der Waals surface area (Å²) in [5.41, 5.74) is 2.25. The maximum atomic E-state index is 12.7. The molecule has 1 amide bonds. The van der Waals surface area contributed by atoms with Crippen molar-refractivity contribution >= 4 is 15.9 Å². The molecular formula is C21H26N2O3S. The third-order valence-corrected chi connectivity index (χ3v) is 7.05. The summed E-state index contributed by atoms with van der Waals surface area (Å²) in [6.45, 7) is 4.74. The standard InChI is InChI=1S/C21H26N2O3S/c1-16-8-10-18(11-9-16)17(2)22-21(24)19-12-14-23(15-13-19)27(25,26)20-6-4-3-5-7-20/h3-11,17,19H,12-15H2,1-2H3,(H,22,24)/t17-/m0/s1. The quantitative estimate of drug-likeness (QED) is 0.858. The van der Waals surface area contributed by atoms with Crippen molar-refractivity contribution in [3.05, 3.63) is 65.7 Å². The monoisotopic (exact) mass is 386 g/mol. The number of sulfonamides is 1. The van der Waals surface area contributed by atoms with E-state index in [1.165, 1.54) is 9.87 Å². The lowest BCUT2D eigenvalue weighted by Gasteiger charge is -2.31. The Morgan fingerprint density at radius 3 is 2.22 bits per heavy atom. The minimum atomic E-state index is -3.48. The summed E-state index contributed by atoms with van der Waals surface area (Å²) in [6.07, 6.45) is 1.08. The van der Waals surface area contributed by atoms with Crippen LogP contribution in [0.15, 0.2) is 59.5 Å². The molecule has 144 valence electrons. The van der Waals surface area contributed by atoms with E-state index in [1.807, 2.05) is 38.1 Å². The van der Waals surface area contributed by atoms with E-state index in [-0.39, 0.29) is 17.9 Å². The number of rotatable bonds is 5. The molecule has 0 radical (unpaired) electrons. The van der Waals surface area contributed by atoms with E-state index >= 15 is 0 Å². The zero-order valence-corrected chi connectivity index (χ0v) is 16.6. The third kappa shape index (κ3) is 4.57. The van der Waals surface area contributed by atoms with Crippen LogP contribution in [0.2, 0.25) is 0 Å². The van der Waals surface area contributed by atoms with E-state index in [2.05, 4.69) is 5.32 Å². The summed E-state index contributed by atoms with van der Waals surface area (Å²) in [6, 6.07) is 16.5. The number of hydrogen-bond donors (Lipinski definition) is 1. The summed E-state index contributed by atoms with van der Waals surface area (Å²) in [5.74, 6) is -0.153. The van der Waals surface area contributed by atoms with Crippen LogP contribution in [0.4, 0.5) is 0 Å². The third-order valence-electron chi connectivity index (χ3n) is 5.14. The molecule has 2 aromatic carbocycles. The highest BCUT2D eigenvalue weighted by molar-refractivity contribution is 7.89. The van der Waals surface area contributed by atoms with Gasteiger partial charge in [-0.15, -0.1) is 0 Å². The van der Waals surface area contributed by atoms with E-state index in [1.54, 1.807) is 30.3 Å². The summed E-state index contributed by atoms with van der Waals surface area (Å²) < 4.78 is 26.8. The molecule has 1 atom stereocenters. The smallest absolute Gasteiger partial charge is 0.243 e. The van der Waals surface area contributed by atoms with Gasteiger partial charge in [-0.1, -0.05) is 48.0 Å². The number of piperidine rings is 1. The van der Waals surface area contributed by atoms with Gasteiger partial charge in [0.15, 0.2) is 0 Å². The minimum Gasteiger partial charge on any atom is -0.349 e. The number of carbonyl (C=O) groups excluding carboxylic acids is 1. The molecule has 1 heterocycles. The number of nitrogens with one attached hydrogen (secondary N) is 1. The fourth-order valence-corrected chi connectivity index (χ4v) is 4.86. The van der Waals surface area contributed by atoms with Crippen LogP contribution in [0, 0.1) is 12.8 Å². The second-order valence-electron chi connectivity index (χ2n) is 7.13. The van der Waals surface area contributed by atoms with E-state index in [9.17, 15) is 13.2 Å². The minimum absolute atomic E-state index is 0.000154. The second-order valence-corrected chi connectivity index (χ2v) is 9.07. The zero-order chi connectivity index (χ0) is 19.4. The summed E-state index contributed by atoms with van der Waals surface area (Å²) in [5, 5.41) is 3.06. The van der Waals surface area contributed by atoms with Gasteiger partial charge in [0, 0.05) is 19.0 Å². The largest absolute Gasteiger partial charge is 0.349 e. The van der Waals surface area contributed by atoms with Gasteiger partial charge < -0.3 is 5.32 Å². The van der Waals surface area contributed by atoms with Crippen molar-refractivity contribution in [3.8, 4) is 0 Å². The number of aryl methyl sites for hydroxylation is 1. The SMILES string of the molecule is Cc1ccc([C@H](C)NC(=O)C2CCN(S(=O)(=O)c3ccccc3)CC2)cc1. The highest BCUT2D eigenvalue weighted by atomic mass is 32.2. The number of amides is 1. The molecule has 0 saturated carbocycles. The van der Waals surface area contributed by atoms with Crippen LogP contribution in [0.3, 0.4) is 0 Å². The molecule has 1 N–H and O–H groups in total. The van der Waals surface area contributed by atoms with Gasteiger partial charge in [-0.25, -0.2) is 8.42 Å². The molecule has 0 spiro atoms. The van der Waals surface area contributed by atoms with Gasteiger partial charge >= 0.3 is 0 Å². The Bertz CT molecular complexity index is 871. The van der Waals surface area contributed by atoms with E-state index in [4.69, 9.17) is 0 Å². The van der Waals surface area contributed by atoms with E-state index in [0.717, 1.165) is 5.56 Å². The van der Waals surface area contributed by atoms with Gasteiger partial charge in [0.1, 0.15) is 0 Å². The van der Waals surface area contributed by atoms with Crippen LogP contribution in [0.1, 0.15) is 36.9 Å². The Morgan fingerprint density at radius 1 is 1.04 bits per heavy atom. The number of benzene rings is 2. The average Bonchev–Trinajstić information content (AvgIpc) is 2.69. The topological polar surface area (TPSA) is 66.5 Å². The van der Waals surface area contributed by atoms with Gasteiger partial charge in [-0.05, 0) is 44.4 Å². The summed E-state index contributed by atoms with van der Waals surface area (Å²) in [7, 11) is -3.48. The normalized spacial score (nSPS) is 17.4. The van der Waals surface area contributed by atoms with Crippen molar-refractivity contribution in [2.75, 3.05) is 13.1 Å². The van der Waals surface area contributed by atoms with Crippen LogP contribution >= 0.6 is 0 Å². The average molecular weight is 387 g/mol. The molecular weight excluding hydrogens is 360 g/mol. The predicted octanol–water partition coefficient (Wildman–Crippen LogP) is 3.27. The summed E-state index contributed by atoms with van der Waals surface area (Å²) in [4.78, 5) is 12.9. The van der Waals surface area contributed by atoms with Gasteiger partial charge in [0.2, 0.25) is 15.9 Å². The van der Waals surface area contributed by atoms with Crippen molar-refractivity contribution in [1.82, 2.24) is 9.62 Å². The van der Waals surface area contributed by atoms with E-state index in [0.29, 0.717) is 30.8 Å². The molecule has 2 aromatic rings. The highest BCUT2D eigenvalue weighted by Gasteiger charge is 2.32. The molecule has 0 aromatic heterocycles. The van der Waals surface area contributed by atoms with E-state index < -0.39 is 10.0 Å². The number of carbonyl (C=O) groups is 1. The lowest BCUT2D eigenvalue weighted by atomic mass is 9.96. The Morgan fingerprint density at radius 2 is 1.63 bits per heavy atom. The molecule has 1 fully saturated rings.